The zero-order valence-electron chi connectivity index (χ0n) is 24.8. The number of thioether (sulfide) groups is 1. The fourth-order valence-electron chi connectivity index (χ4n) is 4.46. The van der Waals surface area contributed by atoms with Crippen molar-refractivity contribution in [2.75, 3.05) is 61.4 Å². The molecule has 2 heterocycles. The van der Waals surface area contributed by atoms with Gasteiger partial charge in [0.25, 0.3) is 16.0 Å². The smallest absolute Gasteiger partial charge is 0.338 e. The van der Waals surface area contributed by atoms with E-state index in [9.17, 15) is 22.6 Å². The molecule has 0 bridgehead atoms. The molecule has 0 aliphatic carbocycles. The van der Waals surface area contributed by atoms with E-state index < -0.39 is 21.8 Å². The molecule has 0 aromatic heterocycles. The van der Waals surface area contributed by atoms with Gasteiger partial charge >= 0.3 is 5.97 Å². The Morgan fingerprint density at radius 2 is 1.63 bits per heavy atom. The largest absolute Gasteiger partial charge is 0.462 e. The highest BCUT2D eigenvalue weighted by Gasteiger charge is 2.33. The Balaban J connectivity index is 0.000000745. The molecule has 41 heavy (non-hydrogen) atoms. The van der Waals surface area contributed by atoms with Gasteiger partial charge in [0, 0.05) is 19.6 Å². The number of hydrogen-bond acceptors (Lipinski definition) is 10. The van der Waals surface area contributed by atoms with E-state index in [2.05, 4.69) is 25.7 Å². The highest BCUT2D eigenvalue weighted by molar-refractivity contribution is 8.26. The number of thiocarbonyl (C=S) groups is 1. The number of carbonyl (C=O) groups excluding carboxylic acids is 2. The van der Waals surface area contributed by atoms with Crippen LogP contribution in [0.15, 0.2) is 41.1 Å². The molecule has 0 atom stereocenters. The minimum Gasteiger partial charge on any atom is -0.462 e. The maximum Gasteiger partial charge on any atom is 0.338 e. The first kappa shape index (κ1) is 34.7. The van der Waals surface area contributed by atoms with Crippen molar-refractivity contribution in [1.29, 1.82) is 0 Å². The Morgan fingerprint density at radius 3 is 2.12 bits per heavy atom. The summed E-state index contributed by atoms with van der Waals surface area (Å²) in [5.74, 6) is -0.289. The summed E-state index contributed by atoms with van der Waals surface area (Å²) >= 11 is 6.51. The van der Waals surface area contributed by atoms with Gasteiger partial charge in [0.15, 0.2) is 0 Å². The van der Waals surface area contributed by atoms with E-state index in [4.69, 9.17) is 17.0 Å². The summed E-state index contributed by atoms with van der Waals surface area (Å²) in [7, 11) is -4.12. The first-order chi connectivity index (χ1) is 19.5. The van der Waals surface area contributed by atoms with Crippen LogP contribution in [0.2, 0.25) is 0 Å². The summed E-state index contributed by atoms with van der Waals surface area (Å²) < 4.78 is 37.4. The maximum absolute atomic E-state index is 12.6. The van der Waals surface area contributed by atoms with Crippen molar-refractivity contribution >= 4 is 61.7 Å². The molecule has 10 nitrogen and oxygen atoms in total. The number of nitrogens with zero attached hydrogens (tertiary/aromatic N) is 4. The standard InChI is InChI=1S/C22H27N3O6S3.C6H15N/c1-4-23-16-9-8-15(21(27)31-6-3)14-17(16)25(12-7-13-34(28,29)30)19(23)11-10-18-20(26)24(5-2)22(32)33-18;1-4-7(5-2)6-3/h8-11,14H,4-7,12-13H2,1-3H3,(H,28,29,30);4-6H2,1-3H3. The quantitative estimate of drug-likeness (QED) is 0.150. The molecule has 0 saturated carbocycles. The van der Waals surface area contributed by atoms with E-state index in [-0.39, 0.29) is 25.5 Å². The topological polar surface area (TPSA) is 111 Å². The molecule has 3 rings (SSSR count). The normalized spacial score (nSPS) is 17.0. The number of likely N-dealkylation sites (N-methyl/N-ethyl adjacent to an activating group) is 1. The minimum atomic E-state index is -4.12. The number of benzene rings is 1. The monoisotopic (exact) mass is 626 g/mol. The Labute approximate surface area is 254 Å². The van der Waals surface area contributed by atoms with E-state index in [1.807, 2.05) is 29.7 Å². The van der Waals surface area contributed by atoms with Gasteiger partial charge in [-0.2, -0.15) is 8.42 Å². The molecule has 0 spiro atoms. The molecule has 2 aliphatic rings. The van der Waals surface area contributed by atoms with Crippen LogP contribution in [0, 0.1) is 0 Å². The van der Waals surface area contributed by atoms with Gasteiger partial charge in [-0.15, -0.1) is 0 Å². The lowest BCUT2D eigenvalue weighted by atomic mass is 10.1. The molecule has 13 heteroatoms. The summed E-state index contributed by atoms with van der Waals surface area (Å²) in [5, 5.41) is 0. The third kappa shape index (κ3) is 9.27. The fraction of sp³-hybridized carbons (Fsp3) is 0.536. The van der Waals surface area contributed by atoms with E-state index >= 15 is 0 Å². The van der Waals surface area contributed by atoms with Crippen LogP contribution < -0.4 is 9.80 Å². The maximum atomic E-state index is 12.6. The first-order valence-corrected chi connectivity index (χ1v) is 16.8. The summed E-state index contributed by atoms with van der Waals surface area (Å²) in [6.45, 7) is 17.3. The number of anilines is 2. The van der Waals surface area contributed by atoms with Gasteiger partial charge in [0.1, 0.15) is 10.1 Å². The number of amides is 1. The SMILES string of the molecule is CCN(CC)CC.CCOC(=O)c1ccc2c(c1)N(CCCS(=O)(=O)O)C(=CC=C1SC(=S)N(CC)C1=O)N2CC. The molecule has 1 N–H and O–H groups in total. The van der Waals surface area contributed by atoms with Crippen molar-refractivity contribution in [2.45, 2.75) is 48.0 Å². The second kappa shape index (κ2) is 16.3. The van der Waals surface area contributed by atoms with Crippen LogP contribution in [-0.2, 0) is 19.6 Å². The van der Waals surface area contributed by atoms with Crippen molar-refractivity contribution in [2.24, 2.45) is 0 Å². The van der Waals surface area contributed by atoms with E-state index in [1.54, 1.807) is 31.2 Å². The molecular weight excluding hydrogens is 585 g/mol. The molecule has 228 valence electrons. The zero-order chi connectivity index (χ0) is 30.7. The Hall–Kier alpha value is -2.45. The average Bonchev–Trinajstić information content (AvgIpc) is 3.39. The third-order valence-corrected chi connectivity index (χ3v) is 8.84. The molecule has 1 aromatic rings. The lowest BCUT2D eigenvalue weighted by Gasteiger charge is -2.24. The number of esters is 1. The third-order valence-electron chi connectivity index (χ3n) is 6.64. The lowest BCUT2D eigenvalue weighted by molar-refractivity contribution is -0.122. The second-order valence-corrected chi connectivity index (χ2v) is 12.3. The van der Waals surface area contributed by atoms with Gasteiger partial charge in [0.2, 0.25) is 0 Å². The average molecular weight is 627 g/mol. The minimum absolute atomic E-state index is 0.157. The summed E-state index contributed by atoms with van der Waals surface area (Å²) in [4.78, 5) is 33.2. The van der Waals surface area contributed by atoms with Crippen molar-refractivity contribution < 1.29 is 27.3 Å². The predicted molar refractivity (Wildman–Crippen MR) is 171 cm³/mol. The molecule has 1 fully saturated rings. The number of ether oxygens (including phenoxy) is 1. The lowest BCUT2D eigenvalue weighted by Crippen LogP contribution is -2.30. The van der Waals surface area contributed by atoms with Crippen LogP contribution in [-0.4, -0.2) is 90.6 Å². The second-order valence-electron chi connectivity index (χ2n) is 9.05. The number of fused-ring (bicyclic) bond motifs is 1. The molecule has 1 saturated heterocycles. The Bertz CT molecular complexity index is 1260. The fourth-order valence-corrected chi connectivity index (χ4v) is 6.28. The number of rotatable bonds is 12. The summed E-state index contributed by atoms with van der Waals surface area (Å²) in [6, 6.07) is 5.21. The van der Waals surface area contributed by atoms with Gasteiger partial charge in [-0.3, -0.25) is 14.2 Å². The van der Waals surface area contributed by atoms with Gasteiger partial charge in [-0.1, -0.05) is 44.8 Å². The first-order valence-electron chi connectivity index (χ1n) is 13.9. The van der Waals surface area contributed by atoms with Crippen LogP contribution in [0.1, 0.15) is 58.3 Å². The van der Waals surface area contributed by atoms with Gasteiger partial charge in [0.05, 0.1) is 34.2 Å². The van der Waals surface area contributed by atoms with E-state index in [0.717, 1.165) is 11.5 Å². The summed E-state index contributed by atoms with van der Waals surface area (Å²) in [6.07, 6.45) is 3.67. The van der Waals surface area contributed by atoms with E-state index in [1.165, 1.54) is 36.3 Å². The summed E-state index contributed by atoms with van der Waals surface area (Å²) in [5.41, 5.74) is 1.92. The van der Waals surface area contributed by atoms with Crippen LogP contribution in [0.5, 0.6) is 0 Å². The van der Waals surface area contributed by atoms with Crippen LogP contribution in [0.4, 0.5) is 11.4 Å². The van der Waals surface area contributed by atoms with Crippen molar-refractivity contribution in [3.63, 3.8) is 0 Å². The van der Waals surface area contributed by atoms with E-state index in [0.29, 0.717) is 33.6 Å². The zero-order valence-corrected chi connectivity index (χ0v) is 27.2. The van der Waals surface area contributed by atoms with Crippen molar-refractivity contribution in [1.82, 2.24) is 9.80 Å². The van der Waals surface area contributed by atoms with Crippen LogP contribution >= 0.6 is 24.0 Å². The number of hydrogen-bond donors (Lipinski definition) is 1. The molecule has 0 unspecified atom stereocenters. The van der Waals surface area contributed by atoms with Gasteiger partial charge in [-0.05, 0) is 77.2 Å². The number of allylic oxidation sites excluding steroid dienone is 2. The van der Waals surface area contributed by atoms with Crippen molar-refractivity contribution in [3.05, 3.63) is 46.6 Å². The highest BCUT2D eigenvalue weighted by Crippen LogP contribution is 2.43. The molecule has 0 radical (unpaired) electrons. The van der Waals surface area contributed by atoms with Gasteiger partial charge in [-0.25, -0.2) is 4.79 Å². The highest BCUT2D eigenvalue weighted by atomic mass is 32.2. The predicted octanol–water partition coefficient (Wildman–Crippen LogP) is 4.74. The molecule has 2 aliphatic heterocycles. The number of carbonyl (C=O) groups is 2. The van der Waals surface area contributed by atoms with Crippen LogP contribution in [0.3, 0.4) is 0 Å². The van der Waals surface area contributed by atoms with Gasteiger partial charge < -0.3 is 19.4 Å². The molecule has 1 aromatic carbocycles. The Morgan fingerprint density at radius 1 is 1.00 bits per heavy atom. The Kier molecular flexibility index (Phi) is 13.8. The molecular formula is C28H42N4O6S3. The van der Waals surface area contributed by atoms with Crippen LogP contribution in [0.25, 0.3) is 0 Å². The molecule has 1 amide bonds. The van der Waals surface area contributed by atoms with Crippen molar-refractivity contribution in [3.8, 4) is 0 Å².